The molecule has 1 fully saturated rings. The smallest absolute Gasteiger partial charge is 0.310 e. The van der Waals surface area contributed by atoms with Crippen molar-refractivity contribution in [3.05, 3.63) is 35.1 Å². The normalized spacial score (nSPS) is 20.1. The fraction of sp³-hybridized carbons (Fsp3) is 0.455. The van der Waals surface area contributed by atoms with E-state index in [1.165, 1.54) is 0 Å². The van der Waals surface area contributed by atoms with E-state index in [2.05, 4.69) is 5.32 Å². The molecule has 0 aromatic heterocycles. The van der Waals surface area contributed by atoms with Crippen LogP contribution in [-0.2, 0) is 6.18 Å². The summed E-state index contributed by atoms with van der Waals surface area (Å²) in [7, 11) is 0. The molecular formula is C11H12ClF4N. The molecule has 1 aromatic rings. The van der Waals surface area contributed by atoms with Gasteiger partial charge in [0.1, 0.15) is 5.82 Å². The molecule has 1 nitrogen and oxygen atoms in total. The Bertz CT molecular complexity index is 386. The standard InChI is InChI=1S/C11H11F4N.ClH/c12-7-3-4-9(11(13,14)15)8(6-7)10-2-1-5-16-10;/h3-4,6,10,16H,1-2,5H2;1H. The van der Waals surface area contributed by atoms with E-state index < -0.39 is 17.6 Å². The summed E-state index contributed by atoms with van der Waals surface area (Å²) in [4.78, 5) is 0. The van der Waals surface area contributed by atoms with E-state index in [-0.39, 0.29) is 24.0 Å². The highest BCUT2D eigenvalue weighted by molar-refractivity contribution is 5.85. The zero-order valence-electron chi connectivity index (χ0n) is 8.85. The molecule has 1 N–H and O–H groups in total. The molecule has 1 saturated heterocycles. The first-order valence-corrected chi connectivity index (χ1v) is 5.08. The van der Waals surface area contributed by atoms with Gasteiger partial charge in [-0.3, -0.25) is 0 Å². The lowest BCUT2D eigenvalue weighted by Gasteiger charge is -2.17. The van der Waals surface area contributed by atoms with Crippen molar-refractivity contribution in [1.29, 1.82) is 0 Å². The molecule has 1 heterocycles. The van der Waals surface area contributed by atoms with Crippen LogP contribution in [-0.4, -0.2) is 6.54 Å². The maximum atomic E-state index is 13.0. The Labute approximate surface area is 103 Å². The Kier molecular flexibility index (Phi) is 4.38. The fourth-order valence-corrected chi connectivity index (χ4v) is 2.03. The lowest BCUT2D eigenvalue weighted by Crippen LogP contribution is -2.18. The maximum Gasteiger partial charge on any atom is 0.416 e. The molecule has 96 valence electrons. The molecule has 0 spiro atoms. The van der Waals surface area contributed by atoms with Gasteiger partial charge in [-0.1, -0.05) is 0 Å². The first-order valence-electron chi connectivity index (χ1n) is 5.08. The van der Waals surface area contributed by atoms with Crippen LogP contribution in [0.5, 0.6) is 0 Å². The van der Waals surface area contributed by atoms with Crippen LogP contribution in [0, 0.1) is 5.82 Å². The van der Waals surface area contributed by atoms with Crippen molar-refractivity contribution in [3.63, 3.8) is 0 Å². The summed E-state index contributed by atoms with van der Waals surface area (Å²) in [6.07, 6.45) is -2.99. The van der Waals surface area contributed by atoms with Crippen LogP contribution in [0.15, 0.2) is 18.2 Å². The van der Waals surface area contributed by atoms with Crippen molar-refractivity contribution >= 4 is 12.4 Å². The van der Waals surface area contributed by atoms with Crippen molar-refractivity contribution in [2.24, 2.45) is 0 Å². The van der Waals surface area contributed by atoms with E-state index in [9.17, 15) is 17.6 Å². The zero-order valence-corrected chi connectivity index (χ0v) is 9.67. The minimum absolute atomic E-state index is 0. The summed E-state index contributed by atoms with van der Waals surface area (Å²) < 4.78 is 51.0. The van der Waals surface area contributed by atoms with Crippen molar-refractivity contribution in [2.75, 3.05) is 6.54 Å². The summed E-state index contributed by atoms with van der Waals surface area (Å²) in [6.45, 7) is 0.679. The first kappa shape index (κ1) is 14.3. The Balaban J connectivity index is 0.00000144. The van der Waals surface area contributed by atoms with Gasteiger partial charge in [0.05, 0.1) is 5.56 Å². The molecule has 2 rings (SSSR count). The molecule has 0 saturated carbocycles. The second kappa shape index (κ2) is 5.23. The Morgan fingerprint density at radius 3 is 2.47 bits per heavy atom. The lowest BCUT2D eigenvalue weighted by molar-refractivity contribution is -0.138. The molecule has 1 atom stereocenters. The van der Waals surface area contributed by atoms with E-state index in [0.29, 0.717) is 13.0 Å². The van der Waals surface area contributed by atoms with Gasteiger partial charge in [-0.2, -0.15) is 13.2 Å². The fourth-order valence-electron chi connectivity index (χ4n) is 2.03. The minimum Gasteiger partial charge on any atom is -0.310 e. The largest absolute Gasteiger partial charge is 0.416 e. The number of nitrogens with one attached hydrogen (secondary N) is 1. The van der Waals surface area contributed by atoms with Gasteiger partial charge in [0.2, 0.25) is 0 Å². The topological polar surface area (TPSA) is 12.0 Å². The molecule has 1 aliphatic heterocycles. The van der Waals surface area contributed by atoms with Gasteiger partial charge in [0, 0.05) is 6.04 Å². The average Bonchev–Trinajstić information content (AvgIpc) is 2.68. The molecule has 0 amide bonds. The molecule has 0 radical (unpaired) electrons. The summed E-state index contributed by atoms with van der Waals surface area (Å²) in [5.74, 6) is -0.628. The quantitative estimate of drug-likeness (QED) is 0.767. The van der Waals surface area contributed by atoms with Gasteiger partial charge >= 0.3 is 6.18 Å². The number of alkyl halides is 3. The monoisotopic (exact) mass is 269 g/mol. The van der Waals surface area contributed by atoms with Crippen LogP contribution in [0.1, 0.15) is 30.0 Å². The van der Waals surface area contributed by atoms with Crippen LogP contribution in [0.2, 0.25) is 0 Å². The predicted molar refractivity (Wildman–Crippen MR) is 58.6 cm³/mol. The maximum absolute atomic E-state index is 13.0. The summed E-state index contributed by atoms with van der Waals surface area (Å²) >= 11 is 0. The highest BCUT2D eigenvalue weighted by atomic mass is 35.5. The molecule has 1 unspecified atom stereocenters. The molecule has 17 heavy (non-hydrogen) atoms. The van der Waals surface area contributed by atoms with E-state index in [1.807, 2.05) is 0 Å². The van der Waals surface area contributed by atoms with Crippen LogP contribution in [0.25, 0.3) is 0 Å². The van der Waals surface area contributed by atoms with Crippen LogP contribution < -0.4 is 5.32 Å². The van der Waals surface area contributed by atoms with Crippen molar-refractivity contribution < 1.29 is 17.6 Å². The van der Waals surface area contributed by atoms with Gasteiger partial charge in [-0.05, 0) is 43.1 Å². The molecular weight excluding hydrogens is 258 g/mol. The third kappa shape index (κ3) is 3.10. The van der Waals surface area contributed by atoms with Gasteiger partial charge in [-0.15, -0.1) is 12.4 Å². The lowest BCUT2D eigenvalue weighted by atomic mass is 9.98. The molecule has 0 bridgehead atoms. The second-order valence-corrected chi connectivity index (χ2v) is 3.88. The van der Waals surface area contributed by atoms with Crippen molar-refractivity contribution in [3.8, 4) is 0 Å². The summed E-state index contributed by atoms with van der Waals surface area (Å²) in [5.41, 5.74) is -0.724. The van der Waals surface area contributed by atoms with Crippen molar-refractivity contribution in [2.45, 2.75) is 25.1 Å². The Hall–Kier alpha value is -0.810. The number of benzene rings is 1. The number of halogens is 5. The summed E-state index contributed by atoms with van der Waals surface area (Å²) in [6, 6.07) is 2.25. The molecule has 1 aromatic carbocycles. The highest BCUT2D eigenvalue weighted by Gasteiger charge is 2.35. The number of hydrogen-bond donors (Lipinski definition) is 1. The number of hydrogen-bond acceptors (Lipinski definition) is 1. The second-order valence-electron chi connectivity index (χ2n) is 3.88. The molecule has 1 aliphatic rings. The van der Waals surface area contributed by atoms with E-state index >= 15 is 0 Å². The summed E-state index contributed by atoms with van der Waals surface area (Å²) in [5, 5.41) is 2.95. The van der Waals surface area contributed by atoms with E-state index in [0.717, 1.165) is 24.6 Å². The van der Waals surface area contributed by atoms with Crippen LogP contribution in [0.4, 0.5) is 17.6 Å². The number of rotatable bonds is 1. The van der Waals surface area contributed by atoms with Crippen LogP contribution in [0.3, 0.4) is 0 Å². The van der Waals surface area contributed by atoms with Gasteiger partial charge in [-0.25, -0.2) is 4.39 Å². The predicted octanol–water partition coefficient (Wildman–Crippen LogP) is 3.69. The van der Waals surface area contributed by atoms with Gasteiger partial charge in [0.15, 0.2) is 0 Å². The first-order chi connectivity index (χ1) is 7.48. The van der Waals surface area contributed by atoms with E-state index in [4.69, 9.17) is 0 Å². The van der Waals surface area contributed by atoms with Crippen molar-refractivity contribution in [1.82, 2.24) is 5.32 Å². The minimum atomic E-state index is -4.42. The van der Waals surface area contributed by atoms with Gasteiger partial charge < -0.3 is 5.32 Å². The van der Waals surface area contributed by atoms with Crippen LogP contribution >= 0.6 is 12.4 Å². The Morgan fingerprint density at radius 2 is 1.94 bits per heavy atom. The average molecular weight is 270 g/mol. The van der Waals surface area contributed by atoms with Gasteiger partial charge in [0.25, 0.3) is 0 Å². The highest BCUT2D eigenvalue weighted by Crippen LogP contribution is 2.37. The molecule has 6 heteroatoms. The SMILES string of the molecule is Cl.Fc1ccc(C(F)(F)F)c(C2CCCN2)c1. The van der Waals surface area contributed by atoms with E-state index in [1.54, 1.807) is 0 Å². The zero-order chi connectivity index (χ0) is 11.8. The molecule has 0 aliphatic carbocycles. The third-order valence-corrected chi connectivity index (χ3v) is 2.75. The third-order valence-electron chi connectivity index (χ3n) is 2.75. The Morgan fingerprint density at radius 1 is 1.24 bits per heavy atom.